The van der Waals surface area contributed by atoms with Gasteiger partial charge in [-0.1, -0.05) is 18.6 Å². The molecule has 0 aromatic heterocycles. The summed E-state index contributed by atoms with van der Waals surface area (Å²) in [6.45, 7) is 5.64. The van der Waals surface area contributed by atoms with Gasteiger partial charge in [-0.2, -0.15) is 0 Å². The molecular formula is C18H26N2O3. The van der Waals surface area contributed by atoms with Crippen molar-refractivity contribution >= 4 is 5.91 Å². The Morgan fingerprint density at radius 1 is 1.13 bits per heavy atom. The van der Waals surface area contributed by atoms with Gasteiger partial charge >= 0.3 is 0 Å². The third-order valence-electron chi connectivity index (χ3n) is 4.45. The van der Waals surface area contributed by atoms with Crippen LogP contribution in [0.2, 0.25) is 0 Å². The van der Waals surface area contributed by atoms with Gasteiger partial charge in [-0.25, -0.2) is 0 Å². The number of nitrogens with one attached hydrogen (secondary N) is 1. The second kappa shape index (κ2) is 8.43. The summed E-state index contributed by atoms with van der Waals surface area (Å²) < 4.78 is 10.8. The topological polar surface area (TPSA) is 50.8 Å². The first-order valence-electron chi connectivity index (χ1n) is 8.60. The summed E-state index contributed by atoms with van der Waals surface area (Å²) in [5, 5.41) is 2.92. The molecule has 5 nitrogen and oxygen atoms in total. The highest BCUT2D eigenvalue weighted by atomic mass is 16.6. The number of hydrogen-bond acceptors (Lipinski definition) is 4. The average Bonchev–Trinajstić information content (AvgIpc) is 2.62. The van der Waals surface area contributed by atoms with E-state index < -0.39 is 0 Å². The Kier molecular flexibility index (Phi) is 6.02. The van der Waals surface area contributed by atoms with Gasteiger partial charge in [0.05, 0.1) is 25.9 Å². The number of nitrogens with zero attached hydrogens (tertiary/aromatic N) is 1. The maximum absolute atomic E-state index is 12.2. The van der Waals surface area contributed by atoms with Gasteiger partial charge in [-0.3, -0.25) is 9.69 Å². The zero-order valence-corrected chi connectivity index (χ0v) is 13.6. The Hall–Kier alpha value is -1.43. The number of ether oxygens (including phenoxy) is 2. The second-order valence-corrected chi connectivity index (χ2v) is 6.31. The Labute approximate surface area is 137 Å². The number of carbonyl (C=O) groups excluding carboxylic acids is 1. The Morgan fingerprint density at radius 3 is 2.61 bits per heavy atom. The fraction of sp³-hybridized carbons (Fsp3) is 0.611. The second-order valence-electron chi connectivity index (χ2n) is 6.31. The maximum atomic E-state index is 12.2. The molecule has 1 N–H and O–H groups in total. The van der Waals surface area contributed by atoms with E-state index in [1.165, 1.54) is 37.9 Å². The Morgan fingerprint density at radius 2 is 1.91 bits per heavy atom. The standard InChI is InChI=1S/C18H26N2O3/c21-18(19-12-17-14-22-10-11-23-17)16-6-4-15(5-7-16)13-20-8-2-1-3-9-20/h4-7,17H,1-3,8-14H2,(H,19,21)/t17-/m1/s1. The van der Waals surface area contributed by atoms with E-state index in [1.54, 1.807) is 0 Å². The minimum atomic E-state index is -0.0521. The molecule has 0 saturated carbocycles. The van der Waals surface area contributed by atoms with Gasteiger partial charge in [0.25, 0.3) is 5.91 Å². The van der Waals surface area contributed by atoms with Crippen molar-refractivity contribution in [3.63, 3.8) is 0 Å². The molecule has 3 rings (SSSR count). The van der Waals surface area contributed by atoms with Crippen molar-refractivity contribution in [2.24, 2.45) is 0 Å². The number of amides is 1. The summed E-state index contributed by atoms with van der Waals surface area (Å²) >= 11 is 0. The summed E-state index contributed by atoms with van der Waals surface area (Å²) in [7, 11) is 0. The first kappa shape index (κ1) is 16.4. The number of piperidine rings is 1. The van der Waals surface area contributed by atoms with Crippen molar-refractivity contribution in [2.45, 2.75) is 31.9 Å². The largest absolute Gasteiger partial charge is 0.376 e. The van der Waals surface area contributed by atoms with Crippen molar-refractivity contribution in [2.75, 3.05) is 39.5 Å². The molecule has 5 heteroatoms. The highest BCUT2D eigenvalue weighted by molar-refractivity contribution is 5.94. The predicted molar refractivity (Wildman–Crippen MR) is 88.5 cm³/mol. The van der Waals surface area contributed by atoms with Crippen LogP contribution in [0.5, 0.6) is 0 Å². The maximum Gasteiger partial charge on any atom is 0.251 e. The Bertz CT molecular complexity index is 491. The minimum Gasteiger partial charge on any atom is -0.376 e. The lowest BCUT2D eigenvalue weighted by Gasteiger charge is -2.26. The molecule has 1 aromatic rings. The van der Waals surface area contributed by atoms with E-state index in [4.69, 9.17) is 9.47 Å². The number of likely N-dealkylation sites (tertiary alicyclic amines) is 1. The average molecular weight is 318 g/mol. The summed E-state index contributed by atoms with van der Waals surface area (Å²) in [4.78, 5) is 14.7. The molecule has 0 radical (unpaired) electrons. The van der Waals surface area contributed by atoms with Crippen LogP contribution >= 0.6 is 0 Å². The highest BCUT2D eigenvalue weighted by Gasteiger charge is 2.16. The number of rotatable bonds is 5. The molecule has 2 aliphatic heterocycles. The summed E-state index contributed by atoms with van der Waals surface area (Å²) in [5.41, 5.74) is 1.97. The van der Waals surface area contributed by atoms with E-state index in [9.17, 15) is 4.79 Å². The van der Waals surface area contributed by atoms with E-state index in [0.29, 0.717) is 31.9 Å². The highest BCUT2D eigenvalue weighted by Crippen LogP contribution is 2.13. The van der Waals surface area contributed by atoms with Gasteiger partial charge in [-0.15, -0.1) is 0 Å². The van der Waals surface area contributed by atoms with Crippen molar-refractivity contribution in [3.05, 3.63) is 35.4 Å². The van der Waals surface area contributed by atoms with E-state index >= 15 is 0 Å². The van der Waals surface area contributed by atoms with Crippen LogP contribution in [0.25, 0.3) is 0 Å². The lowest BCUT2D eigenvalue weighted by atomic mass is 10.1. The summed E-state index contributed by atoms with van der Waals surface area (Å²) in [6, 6.07) is 7.94. The fourth-order valence-electron chi connectivity index (χ4n) is 3.10. The van der Waals surface area contributed by atoms with Gasteiger partial charge in [-0.05, 0) is 43.6 Å². The quantitative estimate of drug-likeness (QED) is 0.900. The minimum absolute atomic E-state index is 0.0360. The molecule has 0 spiro atoms. The van der Waals surface area contributed by atoms with Crippen LogP contribution in [0.1, 0.15) is 35.2 Å². The third kappa shape index (κ3) is 5.03. The van der Waals surface area contributed by atoms with Gasteiger partial charge in [0.2, 0.25) is 0 Å². The third-order valence-corrected chi connectivity index (χ3v) is 4.45. The first-order chi connectivity index (χ1) is 11.3. The molecule has 0 unspecified atom stereocenters. The van der Waals surface area contributed by atoms with Crippen LogP contribution in [0.15, 0.2) is 24.3 Å². The van der Waals surface area contributed by atoms with Crippen LogP contribution in [0, 0.1) is 0 Å². The van der Waals surface area contributed by atoms with Crippen molar-refractivity contribution < 1.29 is 14.3 Å². The first-order valence-corrected chi connectivity index (χ1v) is 8.60. The van der Waals surface area contributed by atoms with Gasteiger partial charge in [0.1, 0.15) is 0 Å². The molecule has 1 atom stereocenters. The van der Waals surface area contributed by atoms with Crippen LogP contribution in [0.4, 0.5) is 0 Å². The lowest BCUT2D eigenvalue weighted by molar-refractivity contribution is -0.0855. The van der Waals surface area contributed by atoms with Crippen LogP contribution < -0.4 is 5.32 Å². The molecule has 2 heterocycles. The molecule has 1 aromatic carbocycles. The summed E-state index contributed by atoms with van der Waals surface area (Å²) in [6.07, 6.45) is 3.91. The molecule has 23 heavy (non-hydrogen) atoms. The SMILES string of the molecule is O=C(NC[C@@H]1COCCO1)c1ccc(CN2CCCCC2)cc1. The molecule has 2 fully saturated rings. The molecule has 126 valence electrons. The molecular weight excluding hydrogens is 292 g/mol. The van der Waals surface area contributed by atoms with Gasteiger partial charge < -0.3 is 14.8 Å². The molecule has 2 aliphatic rings. The zero-order valence-electron chi connectivity index (χ0n) is 13.6. The number of carbonyl (C=O) groups is 1. The van der Waals surface area contributed by atoms with Crippen LogP contribution in [0.3, 0.4) is 0 Å². The van der Waals surface area contributed by atoms with E-state index in [0.717, 1.165) is 6.54 Å². The van der Waals surface area contributed by atoms with Gasteiger partial charge in [0, 0.05) is 18.7 Å². The van der Waals surface area contributed by atoms with Crippen molar-refractivity contribution in [1.29, 1.82) is 0 Å². The normalized spacial score (nSPS) is 22.7. The zero-order chi connectivity index (χ0) is 15.9. The monoisotopic (exact) mass is 318 g/mol. The van der Waals surface area contributed by atoms with Crippen LogP contribution in [-0.2, 0) is 16.0 Å². The predicted octanol–water partition coefficient (Wildman–Crippen LogP) is 1.82. The van der Waals surface area contributed by atoms with E-state index in [-0.39, 0.29) is 12.0 Å². The van der Waals surface area contributed by atoms with E-state index in [2.05, 4.69) is 22.3 Å². The lowest BCUT2D eigenvalue weighted by Crippen LogP contribution is -2.39. The smallest absolute Gasteiger partial charge is 0.251 e. The summed E-state index contributed by atoms with van der Waals surface area (Å²) in [5.74, 6) is -0.0521. The van der Waals surface area contributed by atoms with Crippen LogP contribution in [-0.4, -0.2) is 56.4 Å². The number of benzene rings is 1. The molecule has 0 aliphatic carbocycles. The van der Waals surface area contributed by atoms with E-state index in [1.807, 2.05) is 12.1 Å². The van der Waals surface area contributed by atoms with Crippen molar-refractivity contribution in [1.82, 2.24) is 10.2 Å². The Balaban J connectivity index is 1.46. The number of hydrogen-bond donors (Lipinski definition) is 1. The molecule has 0 bridgehead atoms. The molecule has 1 amide bonds. The fourth-order valence-corrected chi connectivity index (χ4v) is 3.10. The molecule has 2 saturated heterocycles. The van der Waals surface area contributed by atoms with Gasteiger partial charge in [0.15, 0.2) is 0 Å². The van der Waals surface area contributed by atoms with Crippen molar-refractivity contribution in [3.8, 4) is 0 Å².